The van der Waals surface area contributed by atoms with E-state index in [1.54, 1.807) is 36.4 Å². The summed E-state index contributed by atoms with van der Waals surface area (Å²) >= 11 is 0. The fraction of sp³-hybridized carbons (Fsp3) is 0.407. The first-order chi connectivity index (χ1) is 18.0. The molecule has 3 heterocycles. The van der Waals surface area contributed by atoms with E-state index in [9.17, 15) is 14.7 Å². The molecule has 3 aliphatic heterocycles. The third kappa shape index (κ3) is 4.70. The van der Waals surface area contributed by atoms with E-state index in [4.69, 9.17) is 23.7 Å². The maximum absolute atomic E-state index is 13.4. The summed E-state index contributed by atoms with van der Waals surface area (Å²) < 4.78 is 27.8. The number of carbonyl (C=O) groups excluding carboxylic acids is 2. The van der Waals surface area contributed by atoms with Gasteiger partial charge in [0.1, 0.15) is 19.0 Å². The van der Waals surface area contributed by atoms with Gasteiger partial charge < -0.3 is 33.7 Å². The minimum Gasteiger partial charge on any atom is -0.507 e. The molecule has 1 N–H and O–H groups in total. The number of benzene rings is 2. The Morgan fingerprint density at radius 3 is 2.46 bits per heavy atom. The van der Waals surface area contributed by atoms with Gasteiger partial charge in [-0.1, -0.05) is 12.1 Å². The Morgan fingerprint density at radius 2 is 1.73 bits per heavy atom. The van der Waals surface area contributed by atoms with Crippen LogP contribution in [0.5, 0.6) is 23.0 Å². The largest absolute Gasteiger partial charge is 0.507 e. The molecular formula is C27H30N2O8. The number of aliphatic hydroxyl groups is 1. The third-order valence-corrected chi connectivity index (χ3v) is 6.84. The van der Waals surface area contributed by atoms with Crippen molar-refractivity contribution < 1.29 is 38.4 Å². The van der Waals surface area contributed by atoms with Gasteiger partial charge in [-0.25, -0.2) is 0 Å². The molecule has 1 atom stereocenters. The number of morpholine rings is 1. The first-order valence-electron chi connectivity index (χ1n) is 12.2. The smallest absolute Gasteiger partial charge is 0.295 e. The Hall–Kier alpha value is -3.76. The van der Waals surface area contributed by atoms with Gasteiger partial charge in [-0.2, -0.15) is 0 Å². The van der Waals surface area contributed by atoms with E-state index >= 15 is 0 Å². The van der Waals surface area contributed by atoms with Crippen LogP contribution in [0.15, 0.2) is 42.0 Å². The number of fused-ring (bicyclic) bond motifs is 1. The molecule has 0 spiro atoms. The van der Waals surface area contributed by atoms with Crippen LogP contribution in [0, 0.1) is 0 Å². The number of Topliss-reactive ketones (excluding diaryl/α,β-unsaturated/α-hetero) is 1. The summed E-state index contributed by atoms with van der Waals surface area (Å²) in [5, 5.41) is 11.5. The summed E-state index contributed by atoms with van der Waals surface area (Å²) in [7, 11) is 3.02. The van der Waals surface area contributed by atoms with E-state index in [-0.39, 0.29) is 17.9 Å². The minimum atomic E-state index is -0.876. The molecule has 10 heteroatoms. The predicted molar refractivity (Wildman–Crippen MR) is 133 cm³/mol. The lowest BCUT2D eigenvalue weighted by Gasteiger charge is -2.31. The van der Waals surface area contributed by atoms with Gasteiger partial charge in [-0.3, -0.25) is 14.5 Å². The molecule has 3 aliphatic rings. The van der Waals surface area contributed by atoms with Crippen molar-refractivity contribution in [2.75, 3.05) is 66.8 Å². The number of ketones is 1. The SMILES string of the molecule is COc1cccc(C2/C(=C(/O)c3ccc4c(c3)OCCO4)C(=O)C(=O)N2CCN2CCOCC2)c1OC. The maximum Gasteiger partial charge on any atom is 0.295 e. The molecule has 1 unspecified atom stereocenters. The molecule has 2 aromatic rings. The molecule has 0 saturated carbocycles. The Kier molecular flexibility index (Phi) is 7.20. The third-order valence-electron chi connectivity index (χ3n) is 6.84. The highest BCUT2D eigenvalue weighted by atomic mass is 16.6. The lowest BCUT2D eigenvalue weighted by molar-refractivity contribution is -0.140. The number of para-hydroxylation sites is 1. The molecule has 0 bridgehead atoms. The standard InChI is InChI=1S/C27H30N2O8/c1-33-20-5-3-4-18(26(20)34-2)23-22(24(30)17-6-7-19-21(16-17)37-15-14-36-19)25(31)27(32)29(23)9-8-28-10-12-35-13-11-28/h3-7,16,23,30H,8-15H2,1-2H3/b24-22-. The van der Waals surface area contributed by atoms with Crippen molar-refractivity contribution in [2.24, 2.45) is 0 Å². The fourth-order valence-electron chi connectivity index (χ4n) is 4.98. The van der Waals surface area contributed by atoms with E-state index in [1.165, 1.54) is 19.1 Å². The van der Waals surface area contributed by atoms with Gasteiger partial charge in [0.05, 0.1) is 39.0 Å². The van der Waals surface area contributed by atoms with Gasteiger partial charge in [0, 0.05) is 37.3 Å². The van der Waals surface area contributed by atoms with Crippen molar-refractivity contribution in [1.82, 2.24) is 9.80 Å². The number of hydrogen-bond donors (Lipinski definition) is 1. The average Bonchev–Trinajstić information content (AvgIpc) is 3.20. The number of hydrogen-bond acceptors (Lipinski definition) is 9. The molecule has 0 aliphatic carbocycles. The minimum absolute atomic E-state index is 0.0183. The molecule has 196 valence electrons. The van der Waals surface area contributed by atoms with Crippen molar-refractivity contribution in [2.45, 2.75) is 6.04 Å². The molecule has 2 fully saturated rings. The molecule has 5 rings (SSSR count). The van der Waals surface area contributed by atoms with Crippen LogP contribution in [0.1, 0.15) is 17.2 Å². The Balaban J connectivity index is 1.60. The second-order valence-electron chi connectivity index (χ2n) is 8.89. The normalized spacial score (nSPS) is 21.2. The molecule has 0 aromatic heterocycles. The number of carbonyl (C=O) groups is 2. The van der Waals surface area contributed by atoms with Crippen LogP contribution in [0.25, 0.3) is 5.76 Å². The highest BCUT2D eigenvalue weighted by molar-refractivity contribution is 6.46. The molecule has 2 aromatic carbocycles. The van der Waals surface area contributed by atoms with Crippen LogP contribution in [0.3, 0.4) is 0 Å². The van der Waals surface area contributed by atoms with Crippen molar-refractivity contribution in [3.05, 3.63) is 53.1 Å². The number of amides is 1. The van der Waals surface area contributed by atoms with Crippen molar-refractivity contribution in [1.29, 1.82) is 0 Å². The monoisotopic (exact) mass is 510 g/mol. The predicted octanol–water partition coefficient (Wildman–Crippen LogP) is 2.23. The zero-order valence-corrected chi connectivity index (χ0v) is 20.9. The van der Waals surface area contributed by atoms with Crippen molar-refractivity contribution >= 4 is 17.4 Å². The molecule has 2 saturated heterocycles. The number of rotatable bonds is 7. The van der Waals surface area contributed by atoms with E-state index in [0.29, 0.717) is 67.1 Å². The van der Waals surface area contributed by atoms with Gasteiger partial charge in [-0.05, 0) is 24.3 Å². The van der Waals surface area contributed by atoms with E-state index in [2.05, 4.69) is 4.90 Å². The van der Waals surface area contributed by atoms with E-state index in [0.717, 1.165) is 13.1 Å². The molecule has 1 amide bonds. The van der Waals surface area contributed by atoms with E-state index in [1.807, 2.05) is 0 Å². The summed E-state index contributed by atoms with van der Waals surface area (Å²) in [5.74, 6) is 0.136. The van der Waals surface area contributed by atoms with Crippen LogP contribution in [-0.4, -0.2) is 93.4 Å². The number of methoxy groups -OCH3 is 2. The van der Waals surface area contributed by atoms with Gasteiger partial charge in [-0.15, -0.1) is 0 Å². The number of aliphatic hydroxyl groups excluding tert-OH is 1. The lowest BCUT2D eigenvalue weighted by atomic mass is 9.94. The summed E-state index contributed by atoms with van der Waals surface area (Å²) in [6, 6.07) is 9.34. The second kappa shape index (κ2) is 10.7. The number of likely N-dealkylation sites (tertiary alicyclic amines) is 1. The second-order valence-corrected chi connectivity index (χ2v) is 8.89. The summed E-state index contributed by atoms with van der Waals surface area (Å²) in [5.41, 5.74) is 0.875. The molecule has 0 radical (unpaired) electrons. The summed E-state index contributed by atoms with van der Waals surface area (Å²) in [6.45, 7) is 4.39. The number of nitrogens with zero attached hydrogens (tertiary/aromatic N) is 2. The van der Waals surface area contributed by atoms with Crippen LogP contribution in [0.4, 0.5) is 0 Å². The quantitative estimate of drug-likeness (QED) is 0.341. The van der Waals surface area contributed by atoms with Crippen molar-refractivity contribution in [3.8, 4) is 23.0 Å². The Labute approximate surface area is 214 Å². The topological polar surface area (TPSA) is 107 Å². The molecular weight excluding hydrogens is 480 g/mol. The Morgan fingerprint density at radius 1 is 0.973 bits per heavy atom. The van der Waals surface area contributed by atoms with E-state index < -0.39 is 17.7 Å². The molecule has 10 nitrogen and oxygen atoms in total. The van der Waals surface area contributed by atoms with Gasteiger partial charge >= 0.3 is 0 Å². The lowest BCUT2D eigenvalue weighted by Crippen LogP contribution is -2.42. The highest BCUT2D eigenvalue weighted by Gasteiger charge is 2.47. The Bertz CT molecular complexity index is 1220. The molecule has 37 heavy (non-hydrogen) atoms. The van der Waals surface area contributed by atoms with Gasteiger partial charge in [0.2, 0.25) is 0 Å². The average molecular weight is 511 g/mol. The number of ether oxygens (including phenoxy) is 5. The fourth-order valence-corrected chi connectivity index (χ4v) is 4.98. The first kappa shape index (κ1) is 24.9. The zero-order valence-electron chi connectivity index (χ0n) is 20.9. The first-order valence-corrected chi connectivity index (χ1v) is 12.2. The van der Waals surface area contributed by atoms with Gasteiger partial charge in [0.15, 0.2) is 23.0 Å². The highest BCUT2D eigenvalue weighted by Crippen LogP contribution is 2.46. The maximum atomic E-state index is 13.4. The summed E-state index contributed by atoms with van der Waals surface area (Å²) in [6.07, 6.45) is 0. The zero-order chi connectivity index (χ0) is 25.9. The van der Waals surface area contributed by atoms with Crippen LogP contribution in [-0.2, 0) is 14.3 Å². The summed E-state index contributed by atoms with van der Waals surface area (Å²) in [4.78, 5) is 30.5. The van der Waals surface area contributed by atoms with Crippen LogP contribution < -0.4 is 18.9 Å². The van der Waals surface area contributed by atoms with Crippen LogP contribution in [0.2, 0.25) is 0 Å². The van der Waals surface area contributed by atoms with Gasteiger partial charge in [0.25, 0.3) is 11.7 Å². The van der Waals surface area contributed by atoms with Crippen LogP contribution >= 0.6 is 0 Å². The van der Waals surface area contributed by atoms with Crippen molar-refractivity contribution in [3.63, 3.8) is 0 Å².